The molecule has 0 unspecified atom stereocenters. The van der Waals surface area contributed by atoms with Gasteiger partial charge in [-0.15, -0.1) is 0 Å². The van der Waals surface area contributed by atoms with E-state index in [4.69, 9.17) is 5.73 Å². The molecule has 1 heterocycles. The summed E-state index contributed by atoms with van der Waals surface area (Å²) >= 11 is 0. The lowest BCUT2D eigenvalue weighted by Crippen LogP contribution is -2.09. The van der Waals surface area contributed by atoms with Gasteiger partial charge in [0, 0.05) is 18.4 Å². The summed E-state index contributed by atoms with van der Waals surface area (Å²) in [6, 6.07) is -0.0197. The van der Waals surface area contributed by atoms with Gasteiger partial charge < -0.3 is 5.73 Å². The maximum Gasteiger partial charge on any atom is 0.0780 e. The van der Waals surface area contributed by atoms with Crippen molar-refractivity contribution in [1.82, 2.24) is 9.97 Å². The third-order valence-corrected chi connectivity index (χ3v) is 1.35. The molecule has 0 bridgehead atoms. The van der Waals surface area contributed by atoms with Crippen LogP contribution in [0.25, 0.3) is 0 Å². The minimum atomic E-state index is -0.0197. The minimum absolute atomic E-state index is 0.0197. The lowest BCUT2D eigenvalue weighted by Gasteiger charge is -2.05. The Labute approximate surface area is 60.3 Å². The summed E-state index contributed by atoms with van der Waals surface area (Å²) in [5.74, 6) is 0. The van der Waals surface area contributed by atoms with Gasteiger partial charge in [0.15, 0.2) is 0 Å². The Morgan fingerprint density at radius 3 is 2.40 bits per heavy atom. The van der Waals surface area contributed by atoms with E-state index >= 15 is 0 Å². The Hall–Kier alpha value is -0.960. The Balaban J connectivity index is 3.03. The first-order valence-electron chi connectivity index (χ1n) is 3.25. The van der Waals surface area contributed by atoms with Crippen molar-refractivity contribution in [2.24, 2.45) is 5.73 Å². The molecule has 0 aliphatic heterocycles. The highest BCUT2D eigenvalue weighted by molar-refractivity contribution is 5.11. The zero-order valence-corrected chi connectivity index (χ0v) is 6.20. The Morgan fingerprint density at radius 2 is 2.00 bits per heavy atom. The van der Waals surface area contributed by atoms with Crippen molar-refractivity contribution in [2.45, 2.75) is 19.9 Å². The number of nitrogens with zero attached hydrogens (tertiary/aromatic N) is 2. The summed E-state index contributed by atoms with van der Waals surface area (Å²) in [7, 11) is 0. The number of hydrogen-bond donors (Lipinski definition) is 1. The molecule has 0 aromatic carbocycles. The largest absolute Gasteiger partial charge is 0.323 e. The van der Waals surface area contributed by atoms with E-state index in [1.165, 1.54) is 0 Å². The smallest absolute Gasteiger partial charge is 0.0780 e. The fourth-order valence-corrected chi connectivity index (χ4v) is 0.865. The van der Waals surface area contributed by atoms with Crippen LogP contribution in [0.3, 0.4) is 0 Å². The van der Waals surface area contributed by atoms with Crippen LogP contribution in [0.2, 0.25) is 0 Å². The molecule has 0 spiro atoms. The van der Waals surface area contributed by atoms with E-state index in [0.717, 1.165) is 11.4 Å². The third kappa shape index (κ3) is 1.30. The van der Waals surface area contributed by atoms with Gasteiger partial charge in [0.05, 0.1) is 11.4 Å². The SMILES string of the molecule is Cc1nccnc1[C@H](C)N. The van der Waals surface area contributed by atoms with Gasteiger partial charge in [0.1, 0.15) is 0 Å². The molecular weight excluding hydrogens is 126 g/mol. The summed E-state index contributed by atoms with van der Waals surface area (Å²) in [6.07, 6.45) is 3.33. The molecule has 1 rings (SSSR count). The molecule has 3 heteroatoms. The highest BCUT2D eigenvalue weighted by Gasteiger charge is 2.03. The first-order valence-corrected chi connectivity index (χ1v) is 3.25. The average Bonchev–Trinajstić information content (AvgIpc) is 1.88. The predicted molar refractivity (Wildman–Crippen MR) is 39.4 cm³/mol. The zero-order chi connectivity index (χ0) is 7.56. The normalized spacial score (nSPS) is 13.1. The molecule has 3 nitrogen and oxygen atoms in total. The molecule has 1 atom stereocenters. The fraction of sp³-hybridized carbons (Fsp3) is 0.429. The van der Waals surface area contributed by atoms with Gasteiger partial charge in [-0.2, -0.15) is 0 Å². The van der Waals surface area contributed by atoms with E-state index in [2.05, 4.69) is 9.97 Å². The molecule has 0 aliphatic carbocycles. The van der Waals surface area contributed by atoms with Crippen LogP contribution in [0.4, 0.5) is 0 Å². The van der Waals surface area contributed by atoms with E-state index in [1.54, 1.807) is 12.4 Å². The van der Waals surface area contributed by atoms with Gasteiger partial charge in [-0.1, -0.05) is 0 Å². The molecule has 0 radical (unpaired) electrons. The third-order valence-electron chi connectivity index (χ3n) is 1.35. The summed E-state index contributed by atoms with van der Waals surface area (Å²) < 4.78 is 0. The maximum atomic E-state index is 5.61. The molecule has 0 saturated heterocycles. The molecule has 0 amide bonds. The predicted octanol–water partition coefficient (Wildman–Crippen LogP) is 0.805. The van der Waals surface area contributed by atoms with Crippen LogP contribution < -0.4 is 5.73 Å². The maximum absolute atomic E-state index is 5.61. The van der Waals surface area contributed by atoms with Crippen LogP contribution in [0.1, 0.15) is 24.4 Å². The Kier molecular flexibility index (Phi) is 1.97. The molecule has 1 aromatic heterocycles. The first-order chi connectivity index (χ1) is 4.72. The lowest BCUT2D eigenvalue weighted by molar-refractivity contribution is 0.759. The monoisotopic (exact) mass is 137 g/mol. The summed E-state index contributed by atoms with van der Waals surface area (Å²) in [5.41, 5.74) is 7.40. The van der Waals surface area contributed by atoms with E-state index in [0.29, 0.717) is 0 Å². The van der Waals surface area contributed by atoms with E-state index in [-0.39, 0.29) is 6.04 Å². The number of aryl methyl sites for hydroxylation is 1. The number of nitrogens with two attached hydrogens (primary N) is 1. The van der Waals surface area contributed by atoms with Gasteiger partial charge >= 0.3 is 0 Å². The number of rotatable bonds is 1. The van der Waals surface area contributed by atoms with Crippen molar-refractivity contribution < 1.29 is 0 Å². The topological polar surface area (TPSA) is 51.8 Å². The summed E-state index contributed by atoms with van der Waals surface area (Å²) in [4.78, 5) is 8.15. The van der Waals surface area contributed by atoms with Crippen LogP contribution in [-0.4, -0.2) is 9.97 Å². The highest BCUT2D eigenvalue weighted by Crippen LogP contribution is 2.07. The van der Waals surface area contributed by atoms with E-state index < -0.39 is 0 Å². The highest BCUT2D eigenvalue weighted by atomic mass is 14.8. The molecule has 10 heavy (non-hydrogen) atoms. The zero-order valence-electron chi connectivity index (χ0n) is 6.20. The van der Waals surface area contributed by atoms with Crippen molar-refractivity contribution in [3.63, 3.8) is 0 Å². The molecule has 0 fully saturated rings. The number of aromatic nitrogens is 2. The molecule has 54 valence electrons. The van der Waals surface area contributed by atoms with Crippen LogP contribution in [-0.2, 0) is 0 Å². The van der Waals surface area contributed by atoms with Gasteiger partial charge in [0.2, 0.25) is 0 Å². The van der Waals surface area contributed by atoms with Gasteiger partial charge in [-0.3, -0.25) is 9.97 Å². The Morgan fingerprint density at radius 1 is 1.40 bits per heavy atom. The minimum Gasteiger partial charge on any atom is -0.323 e. The van der Waals surface area contributed by atoms with Gasteiger partial charge in [-0.25, -0.2) is 0 Å². The van der Waals surface area contributed by atoms with E-state index in [9.17, 15) is 0 Å². The second kappa shape index (κ2) is 2.75. The lowest BCUT2D eigenvalue weighted by atomic mass is 10.2. The van der Waals surface area contributed by atoms with Crippen molar-refractivity contribution in [3.8, 4) is 0 Å². The van der Waals surface area contributed by atoms with E-state index in [1.807, 2.05) is 13.8 Å². The van der Waals surface area contributed by atoms with Crippen molar-refractivity contribution >= 4 is 0 Å². The van der Waals surface area contributed by atoms with Crippen molar-refractivity contribution in [2.75, 3.05) is 0 Å². The molecule has 1 aromatic rings. The summed E-state index contributed by atoms with van der Waals surface area (Å²) in [6.45, 7) is 3.81. The molecule has 2 N–H and O–H groups in total. The van der Waals surface area contributed by atoms with Crippen LogP contribution in [0.5, 0.6) is 0 Å². The molecular formula is C7H11N3. The molecule has 0 aliphatic rings. The van der Waals surface area contributed by atoms with Gasteiger partial charge in [-0.05, 0) is 13.8 Å². The first kappa shape index (κ1) is 7.15. The molecule has 0 saturated carbocycles. The second-order valence-electron chi connectivity index (χ2n) is 2.32. The van der Waals surface area contributed by atoms with Crippen molar-refractivity contribution in [1.29, 1.82) is 0 Å². The Bertz CT molecular complexity index is 220. The van der Waals surface area contributed by atoms with Crippen LogP contribution in [0.15, 0.2) is 12.4 Å². The van der Waals surface area contributed by atoms with Crippen LogP contribution >= 0.6 is 0 Å². The second-order valence-corrected chi connectivity index (χ2v) is 2.32. The standard InChI is InChI=1S/C7H11N3/c1-5(8)7-6(2)9-3-4-10-7/h3-5H,8H2,1-2H3/t5-/m0/s1. The van der Waals surface area contributed by atoms with Crippen LogP contribution in [0, 0.1) is 6.92 Å². The van der Waals surface area contributed by atoms with Gasteiger partial charge in [0.25, 0.3) is 0 Å². The quantitative estimate of drug-likeness (QED) is 0.623. The fourth-order valence-electron chi connectivity index (χ4n) is 0.865. The number of hydrogen-bond acceptors (Lipinski definition) is 3. The van der Waals surface area contributed by atoms with Crippen molar-refractivity contribution in [3.05, 3.63) is 23.8 Å². The summed E-state index contributed by atoms with van der Waals surface area (Å²) in [5, 5.41) is 0. The average molecular weight is 137 g/mol.